The summed E-state index contributed by atoms with van der Waals surface area (Å²) in [6.07, 6.45) is 1.83. The third-order valence-corrected chi connectivity index (χ3v) is 2.57. The minimum absolute atomic E-state index is 0.0874. The molecule has 0 saturated carbocycles. The first-order valence-corrected chi connectivity index (χ1v) is 5.57. The maximum absolute atomic E-state index is 11.5. The lowest BCUT2D eigenvalue weighted by Gasteiger charge is -2.10. The summed E-state index contributed by atoms with van der Waals surface area (Å²) >= 11 is 0. The van der Waals surface area contributed by atoms with E-state index in [0.717, 1.165) is 6.42 Å². The Hall–Kier alpha value is -1.14. The molecule has 0 bridgehead atoms. The van der Waals surface area contributed by atoms with Gasteiger partial charge < -0.3 is 21.5 Å². The van der Waals surface area contributed by atoms with Gasteiger partial charge in [0.1, 0.15) is 0 Å². The van der Waals surface area contributed by atoms with Crippen LogP contribution in [0.4, 0.5) is 0 Å². The number of aliphatic hydroxyl groups is 1. The molecule has 1 aliphatic heterocycles. The van der Waals surface area contributed by atoms with Gasteiger partial charge in [0.2, 0.25) is 11.8 Å². The Kier molecular flexibility index (Phi) is 5.21. The SMILES string of the molecule is NC(=O)CCCCNC(=O)C1CC(O)CN1. The van der Waals surface area contributed by atoms with Crippen LogP contribution in [-0.4, -0.2) is 42.2 Å². The molecule has 2 atom stereocenters. The Labute approximate surface area is 94.6 Å². The van der Waals surface area contributed by atoms with Crippen molar-refractivity contribution in [2.75, 3.05) is 13.1 Å². The van der Waals surface area contributed by atoms with Gasteiger partial charge in [-0.3, -0.25) is 9.59 Å². The highest BCUT2D eigenvalue weighted by atomic mass is 16.3. The molecule has 1 heterocycles. The second-order valence-electron chi connectivity index (χ2n) is 4.06. The summed E-state index contributed by atoms with van der Waals surface area (Å²) in [7, 11) is 0. The second-order valence-corrected chi connectivity index (χ2v) is 4.06. The molecule has 0 spiro atoms. The number of primary amides is 1. The van der Waals surface area contributed by atoms with E-state index in [4.69, 9.17) is 5.73 Å². The van der Waals surface area contributed by atoms with Crippen molar-refractivity contribution < 1.29 is 14.7 Å². The van der Waals surface area contributed by atoms with Gasteiger partial charge in [-0.2, -0.15) is 0 Å². The summed E-state index contributed by atoms with van der Waals surface area (Å²) in [5, 5.41) is 14.9. The maximum Gasteiger partial charge on any atom is 0.237 e. The minimum Gasteiger partial charge on any atom is -0.392 e. The molecule has 1 saturated heterocycles. The van der Waals surface area contributed by atoms with Gasteiger partial charge in [-0.15, -0.1) is 0 Å². The van der Waals surface area contributed by atoms with Crippen LogP contribution in [0.15, 0.2) is 0 Å². The smallest absolute Gasteiger partial charge is 0.237 e. The number of β-amino-alcohol motifs (C(OH)–C–C–N with tert-alkyl or cyclic N) is 1. The van der Waals surface area contributed by atoms with Gasteiger partial charge in [0.15, 0.2) is 0 Å². The summed E-state index contributed by atoms with van der Waals surface area (Å²) < 4.78 is 0. The van der Waals surface area contributed by atoms with Crippen molar-refractivity contribution in [3.05, 3.63) is 0 Å². The summed E-state index contributed by atoms with van der Waals surface area (Å²) in [5.41, 5.74) is 4.99. The van der Waals surface area contributed by atoms with E-state index in [9.17, 15) is 14.7 Å². The highest BCUT2D eigenvalue weighted by Gasteiger charge is 2.27. The van der Waals surface area contributed by atoms with Gasteiger partial charge in [-0.1, -0.05) is 0 Å². The van der Waals surface area contributed by atoms with Gasteiger partial charge in [-0.25, -0.2) is 0 Å². The molecule has 16 heavy (non-hydrogen) atoms. The maximum atomic E-state index is 11.5. The average molecular weight is 229 g/mol. The van der Waals surface area contributed by atoms with Gasteiger partial charge in [0, 0.05) is 19.5 Å². The van der Waals surface area contributed by atoms with Crippen LogP contribution in [0.3, 0.4) is 0 Å². The second kappa shape index (κ2) is 6.44. The van der Waals surface area contributed by atoms with E-state index < -0.39 is 6.10 Å². The van der Waals surface area contributed by atoms with Crippen molar-refractivity contribution in [2.24, 2.45) is 5.73 Å². The number of nitrogens with two attached hydrogens (primary N) is 1. The van der Waals surface area contributed by atoms with Crippen molar-refractivity contribution in [1.29, 1.82) is 0 Å². The Balaban J connectivity index is 2.04. The lowest BCUT2D eigenvalue weighted by atomic mass is 10.2. The number of unbranched alkanes of at least 4 members (excludes halogenated alkanes) is 1. The summed E-state index contributed by atoms with van der Waals surface area (Å²) in [6, 6.07) is -0.286. The van der Waals surface area contributed by atoms with Crippen molar-refractivity contribution in [3.8, 4) is 0 Å². The van der Waals surface area contributed by atoms with Crippen LogP contribution in [0.5, 0.6) is 0 Å². The highest BCUT2D eigenvalue weighted by molar-refractivity contribution is 5.82. The molecule has 92 valence electrons. The Morgan fingerprint density at radius 3 is 2.75 bits per heavy atom. The van der Waals surface area contributed by atoms with Gasteiger partial charge in [-0.05, 0) is 19.3 Å². The lowest BCUT2D eigenvalue weighted by molar-refractivity contribution is -0.122. The highest BCUT2D eigenvalue weighted by Crippen LogP contribution is 2.05. The molecule has 0 aromatic carbocycles. The number of aliphatic hydroxyl groups excluding tert-OH is 1. The molecule has 6 nitrogen and oxygen atoms in total. The molecule has 0 aromatic rings. The first-order chi connectivity index (χ1) is 7.59. The van der Waals surface area contributed by atoms with Gasteiger partial charge in [0.25, 0.3) is 0 Å². The van der Waals surface area contributed by atoms with Gasteiger partial charge >= 0.3 is 0 Å². The van der Waals surface area contributed by atoms with E-state index in [-0.39, 0.29) is 17.9 Å². The monoisotopic (exact) mass is 229 g/mol. The molecule has 5 N–H and O–H groups in total. The van der Waals surface area contributed by atoms with Crippen molar-refractivity contribution in [2.45, 2.75) is 37.8 Å². The third kappa shape index (κ3) is 4.59. The van der Waals surface area contributed by atoms with E-state index >= 15 is 0 Å². The van der Waals surface area contributed by atoms with Crippen LogP contribution in [-0.2, 0) is 9.59 Å². The first-order valence-electron chi connectivity index (χ1n) is 5.57. The fourth-order valence-electron chi connectivity index (χ4n) is 1.68. The van der Waals surface area contributed by atoms with Crippen LogP contribution >= 0.6 is 0 Å². The van der Waals surface area contributed by atoms with Crippen LogP contribution in [0, 0.1) is 0 Å². The van der Waals surface area contributed by atoms with E-state index in [1.165, 1.54) is 0 Å². The van der Waals surface area contributed by atoms with Crippen molar-refractivity contribution in [1.82, 2.24) is 10.6 Å². The predicted octanol–water partition coefficient (Wildman–Crippen LogP) is -1.52. The molecule has 1 aliphatic rings. The van der Waals surface area contributed by atoms with Crippen LogP contribution < -0.4 is 16.4 Å². The zero-order valence-corrected chi connectivity index (χ0v) is 9.24. The number of amides is 2. The number of nitrogens with one attached hydrogen (secondary N) is 2. The topological polar surface area (TPSA) is 104 Å². The molecular weight excluding hydrogens is 210 g/mol. The van der Waals surface area contributed by atoms with Crippen LogP contribution in [0.1, 0.15) is 25.7 Å². The number of carbonyl (C=O) groups is 2. The molecule has 2 amide bonds. The van der Waals surface area contributed by atoms with Crippen LogP contribution in [0.2, 0.25) is 0 Å². The number of carbonyl (C=O) groups excluding carboxylic acids is 2. The Morgan fingerprint density at radius 2 is 2.19 bits per heavy atom. The molecule has 0 aliphatic carbocycles. The normalized spacial score (nSPS) is 24.3. The first kappa shape index (κ1) is 12.9. The van der Waals surface area contributed by atoms with Gasteiger partial charge in [0.05, 0.1) is 12.1 Å². The molecule has 2 unspecified atom stereocenters. The predicted molar refractivity (Wildman–Crippen MR) is 58.5 cm³/mol. The summed E-state index contributed by atoms with van der Waals surface area (Å²) in [5.74, 6) is -0.400. The Bertz CT molecular complexity index is 258. The van der Waals surface area contributed by atoms with Crippen molar-refractivity contribution >= 4 is 11.8 Å². The largest absolute Gasteiger partial charge is 0.392 e. The van der Waals surface area contributed by atoms with E-state index in [2.05, 4.69) is 10.6 Å². The van der Waals surface area contributed by atoms with Crippen LogP contribution in [0.25, 0.3) is 0 Å². The zero-order chi connectivity index (χ0) is 12.0. The molecule has 6 heteroatoms. The number of hydrogen-bond acceptors (Lipinski definition) is 4. The quantitative estimate of drug-likeness (QED) is 0.415. The average Bonchev–Trinajstić information content (AvgIpc) is 2.63. The molecule has 1 rings (SSSR count). The zero-order valence-electron chi connectivity index (χ0n) is 9.24. The number of rotatable bonds is 6. The molecule has 0 aromatic heterocycles. The molecule has 1 fully saturated rings. The number of hydrogen-bond donors (Lipinski definition) is 4. The van der Waals surface area contributed by atoms with E-state index in [1.54, 1.807) is 0 Å². The Morgan fingerprint density at radius 1 is 1.44 bits per heavy atom. The fourth-order valence-corrected chi connectivity index (χ4v) is 1.68. The standard InChI is InChI=1S/C10H19N3O3/c11-9(15)3-1-2-4-12-10(16)8-5-7(14)6-13-8/h7-8,13-14H,1-6H2,(H2,11,15)(H,12,16). The van der Waals surface area contributed by atoms with E-state index in [0.29, 0.717) is 32.4 Å². The van der Waals surface area contributed by atoms with E-state index in [1.807, 2.05) is 0 Å². The van der Waals surface area contributed by atoms with Crippen molar-refractivity contribution in [3.63, 3.8) is 0 Å². The molecule has 0 radical (unpaired) electrons. The summed E-state index contributed by atoms with van der Waals surface area (Å²) in [4.78, 5) is 22.0. The lowest BCUT2D eigenvalue weighted by Crippen LogP contribution is -2.40. The minimum atomic E-state index is -0.425. The molecular formula is C10H19N3O3. The fraction of sp³-hybridized carbons (Fsp3) is 0.800. The third-order valence-electron chi connectivity index (χ3n) is 2.57. The summed E-state index contributed by atoms with van der Waals surface area (Å²) in [6.45, 7) is 1.01.